The summed E-state index contributed by atoms with van der Waals surface area (Å²) in [5.41, 5.74) is 0. The maximum atomic E-state index is 13.8. The fraction of sp³-hybridized carbons (Fsp3) is 0.435. The number of aromatic nitrogens is 4. The van der Waals surface area contributed by atoms with Gasteiger partial charge < -0.3 is 14.0 Å². The summed E-state index contributed by atoms with van der Waals surface area (Å²) in [6.45, 7) is 6.71. The summed E-state index contributed by atoms with van der Waals surface area (Å²) in [5, 5.41) is 0.153. The van der Waals surface area contributed by atoms with E-state index in [0.29, 0.717) is 17.4 Å². The lowest BCUT2D eigenvalue weighted by Gasteiger charge is -2.25. The van der Waals surface area contributed by atoms with E-state index >= 15 is 0 Å². The SMILES string of the molecule is COc1nc(SCC(Cl)c2nccn2C)cnc1N(COCC[Si](C)(C)C)S(=O)(=O)c1cccc(Cl)c1Cl. The number of alkyl halides is 1. The maximum absolute atomic E-state index is 13.8. The third kappa shape index (κ3) is 7.77. The summed E-state index contributed by atoms with van der Waals surface area (Å²) in [5.74, 6) is 1.16. The highest BCUT2D eigenvalue weighted by atomic mass is 35.5. The van der Waals surface area contributed by atoms with Crippen LogP contribution in [0.5, 0.6) is 5.88 Å². The van der Waals surface area contributed by atoms with Crippen LogP contribution in [0.4, 0.5) is 5.82 Å². The Morgan fingerprint density at radius 2 is 1.95 bits per heavy atom. The van der Waals surface area contributed by atoms with E-state index in [-0.39, 0.29) is 38.7 Å². The van der Waals surface area contributed by atoms with Crippen molar-refractivity contribution in [1.82, 2.24) is 19.5 Å². The summed E-state index contributed by atoms with van der Waals surface area (Å²) in [6.07, 6.45) is 4.97. The van der Waals surface area contributed by atoms with Crippen molar-refractivity contribution in [2.24, 2.45) is 7.05 Å². The Kier molecular flexibility index (Phi) is 10.8. The molecule has 0 saturated heterocycles. The van der Waals surface area contributed by atoms with Gasteiger partial charge in [0.25, 0.3) is 15.9 Å². The summed E-state index contributed by atoms with van der Waals surface area (Å²) < 4.78 is 41.7. The molecule has 1 aromatic carbocycles. The number of ether oxygens (including phenoxy) is 2. The molecule has 2 heterocycles. The smallest absolute Gasteiger partial charge is 0.269 e. The zero-order valence-corrected chi connectivity index (χ0v) is 26.6. The van der Waals surface area contributed by atoms with Crippen LogP contribution in [-0.2, 0) is 21.8 Å². The number of anilines is 1. The first-order valence-electron chi connectivity index (χ1n) is 11.5. The number of hydrogen-bond donors (Lipinski definition) is 0. The largest absolute Gasteiger partial charge is 0.478 e. The van der Waals surface area contributed by atoms with Crippen LogP contribution in [0.1, 0.15) is 11.2 Å². The minimum Gasteiger partial charge on any atom is -0.478 e. The molecule has 3 aromatic rings. The third-order valence-corrected chi connectivity index (χ3v) is 11.2. The van der Waals surface area contributed by atoms with Crippen LogP contribution >= 0.6 is 46.6 Å². The second-order valence-electron chi connectivity index (χ2n) is 9.47. The van der Waals surface area contributed by atoms with E-state index < -0.39 is 18.1 Å². The van der Waals surface area contributed by atoms with Gasteiger partial charge in [0.2, 0.25) is 5.82 Å². The number of rotatable bonds is 13. The maximum Gasteiger partial charge on any atom is 0.269 e. The number of halogens is 3. The van der Waals surface area contributed by atoms with Gasteiger partial charge in [0.15, 0.2) is 0 Å². The zero-order chi connectivity index (χ0) is 28.1. The lowest BCUT2D eigenvalue weighted by Crippen LogP contribution is -2.35. The number of aryl methyl sites for hydroxylation is 1. The molecular weight excluding hydrogens is 609 g/mol. The van der Waals surface area contributed by atoms with Gasteiger partial charge in [0.1, 0.15) is 27.9 Å². The summed E-state index contributed by atoms with van der Waals surface area (Å²) >= 11 is 20.3. The van der Waals surface area contributed by atoms with Crippen LogP contribution in [0.25, 0.3) is 0 Å². The van der Waals surface area contributed by atoms with E-state index in [1.54, 1.807) is 6.20 Å². The molecule has 1 atom stereocenters. The van der Waals surface area contributed by atoms with Crippen molar-refractivity contribution in [2.75, 3.05) is 30.5 Å². The molecule has 208 valence electrons. The van der Waals surface area contributed by atoms with E-state index in [1.165, 1.54) is 43.3 Å². The van der Waals surface area contributed by atoms with E-state index in [4.69, 9.17) is 44.3 Å². The number of benzene rings is 1. The molecule has 0 aliphatic rings. The van der Waals surface area contributed by atoms with Crippen LogP contribution in [0.3, 0.4) is 0 Å². The van der Waals surface area contributed by atoms with Crippen molar-refractivity contribution < 1.29 is 17.9 Å². The molecule has 2 aromatic heterocycles. The third-order valence-electron chi connectivity index (χ3n) is 5.34. The molecule has 0 aliphatic carbocycles. The fourth-order valence-corrected chi connectivity index (χ4v) is 7.15. The molecule has 0 spiro atoms. The van der Waals surface area contributed by atoms with Gasteiger partial charge in [0, 0.05) is 39.9 Å². The van der Waals surface area contributed by atoms with Crippen LogP contribution < -0.4 is 9.04 Å². The molecule has 0 N–H and O–H groups in total. The molecule has 0 fully saturated rings. The molecule has 0 radical (unpaired) electrons. The zero-order valence-electron chi connectivity index (χ0n) is 21.7. The second kappa shape index (κ2) is 13.2. The number of thioether (sulfide) groups is 1. The standard InChI is InChI=1S/C23H30Cl3N5O4S2Si/c1-30-10-9-27-21(30)17(25)14-36-19-13-28-22(23(29-19)34-2)31(15-35-11-12-38(3,4)5)37(32,33)18-8-6-7-16(24)20(18)26/h6-10,13,17H,11-12,14-15H2,1-5H3. The molecule has 0 saturated carbocycles. The predicted molar refractivity (Wildman–Crippen MR) is 156 cm³/mol. The van der Waals surface area contributed by atoms with Crippen LogP contribution in [0.15, 0.2) is 46.7 Å². The van der Waals surface area contributed by atoms with Crippen molar-refractivity contribution in [2.45, 2.75) is 41.0 Å². The average molecular weight is 639 g/mol. The summed E-state index contributed by atoms with van der Waals surface area (Å²) in [7, 11) is -2.39. The molecule has 1 unspecified atom stereocenters. The quantitative estimate of drug-likeness (QED) is 0.0728. The Hall–Kier alpha value is -1.54. The monoisotopic (exact) mass is 637 g/mol. The van der Waals surface area contributed by atoms with Gasteiger partial charge in [-0.2, -0.15) is 0 Å². The van der Waals surface area contributed by atoms with E-state index in [2.05, 4.69) is 34.6 Å². The van der Waals surface area contributed by atoms with Gasteiger partial charge in [-0.1, -0.05) is 48.9 Å². The van der Waals surface area contributed by atoms with E-state index in [9.17, 15) is 8.42 Å². The highest BCUT2D eigenvalue weighted by Gasteiger charge is 2.32. The molecular formula is C23H30Cl3N5O4S2Si. The fourth-order valence-electron chi connectivity index (χ4n) is 3.21. The summed E-state index contributed by atoms with van der Waals surface area (Å²) in [6, 6.07) is 5.26. The van der Waals surface area contributed by atoms with Gasteiger partial charge in [-0.3, -0.25) is 0 Å². The van der Waals surface area contributed by atoms with Crippen LogP contribution in [-0.4, -0.2) is 62.2 Å². The topological polar surface area (TPSA) is 99.4 Å². The van der Waals surface area contributed by atoms with Gasteiger partial charge >= 0.3 is 0 Å². The van der Waals surface area contributed by atoms with Crippen molar-refractivity contribution >= 4 is 70.5 Å². The van der Waals surface area contributed by atoms with Crippen molar-refractivity contribution in [3.63, 3.8) is 0 Å². The Morgan fingerprint density at radius 3 is 2.58 bits per heavy atom. The second-order valence-corrected chi connectivity index (χ2v) is 19.3. The molecule has 3 rings (SSSR count). The van der Waals surface area contributed by atoms with Crippen molar-refractivity contribution in [3.8, 4) is 5.88 Å². The molecule has 0 aliphatic heterocycles. The Labute approximate surface area is 243 Å². The number of methoxy groups -OCH3 is 1. The van der Waals surface area contributed by atoms with Crippen molar-refractivity contribution in [1.29, 1.82) is 0 Å². The predicted octanol–water partition coefficient (Wildman–Crippen LogP) is 6.11. The van der Waals surface area contributed by atoms with Crippen LogP contribution in [0.2, 0.25) is 35.7 Å². The Morgan fingerprint density at radius 1 is 1.21 bits per heavy atom. The lowest BCUT2D eigenvalue weighted by molar-refractivity contribution is 0.155. The molecule has 15 heteroatoms. The van der Waals surface area contributed by atoms with Gasteiger partial charge in [-0.25, -0.2) is 27.7 Å². The Bertz CT molecular complexity index is 1360. The van der Waals surface area contributed by atoms with Crippen LogP contribution in [0, 0.1) is 0 Å². The highest BCUT2D eigenvalue weighted by molar-refractivity contribution is 7.99. The van der Waals surface area contributed by atoms with Gasteiger partial charge in [-0.05, 0) is 18.2 Å². The normalized spacial score (nSPS) is 12.9. The minimum absolute atomic E-state index is 0.00800. The summed E-state index contributed by atoms with van der Waals surface area (Å²) in [4.78, 5) is 13.0. The first kappa shape index (κ1) is 31.0. The lowest BCUT2D eigenvalue weighted by atomic mass is 10.4. The molecule has 0 amide bonds. The first-order valence-corrected chi connectivity index (χ1v) is 18.9. The van der Waals surface area contributed by atoms with E-state index in [1.807, 2.05) is 17.8 Å². The molecule has 0 bridgehead atoms. The number of imidazole rings is 1. The number of hydrogen-bond acceptors (Lipinski definition) is 8. The minimum atomic E-state index is -4.25. The van der Waals surface area contributed by atoms with Crippen molar-refractivity contribution in [3.05, 3.63) is 52.7 Å². The van der Waals surface area contributed by atoms with Gasteiger partial charge in [-0.15, -0.1) is 23.4 Å². The highest BCUT2D eigenvalue weighted by Crippen LogP contribution is 2.36. The molecule has 38 heavy (non-hydrogen) atoms. The van der Waals surface area contributed by atoms with E-state index in [0.717, 1.165) is 16.2 Å². The van der Waals surface area contributed by atoms with Gasteiger partial charge in [0.05, 0.1) is 23.4 Å². The molecule has 9 nitrogen and oxygen atoms in total. The number of sulfonamides is 1. The average Bonchev–Trinajstić information content (AvgIpc) is 3.29. The Balaban J connectivity index is 1.91. The first-order chi connectivity index (χ1) is 17.8. The number of nitrogens with zero attached hydrogens (tertiary/aromatic N) is 5.